The molecule has 0 saturated heterocycles. The molecule has 0 aliphatic carbocycles. The summed E-state index contributed by atoms with van der Waals surface area (Å²) < 4.78 is 3.81. The van der Waals surface area contributed by atoms with E-state index in [1.165, 1.54) is 11.5 Å². The first-order chi connectivity index (χ1) is 7.19. The highest BCUT2D eigenvalue weighted by Crippen LogP contribution is 2.18. The third-order valence-electron chi connectivity index (χ3n) is 2.23. The second-order valence-corrected chi connectivity index (χ2v) is 4.07. The minimum absolute atomic E-state index is 0.197. The third kappa shape index (κ3) is 3.13. The Balaban J connectivity index is 2.58. The van der Waals surface area contributed by atoms with Crippen LogP contribution in [0.5, 0.6) is 0 Å². The zero-order valence-electron chi connectivity index (χ0n) is 8.77. The Morgan fingerprint density at radius 1 is 1.73 bits per heavy atom. The first kappa shape index (κ1) is 11.8. The van der Waals surface area contributed by atoms with Crippen LogP contribution in [0.15, 0.2) is 0 Å². The minimum atomic E-state index is 0.197. The van der Waals surface area contributed by atoms with Crippen molar-refractivity contribution < 1.29 is 0 Å². The van der Waals surface area contributed by atoms with Crippen molar-refractivity contribution in [1.82, 2.24) is 14.5 Å². The molecule has 1 atom stereocenters. The van der Waals surface area contributed by atoms with Gasteiger partial charge in [-0.2, -0.15) is 5.26 Å². The molecule has 0 amide bonds. The van der Waals surface area contributed by atoms with Crippen molar-refractivity contribution in [3.8, 4) is 6.07 Å². The summed E-state index contributed by atoms with van der Waals surface area (Å²) in [4.78, 5) is 2.04. The lowest BCUT2D eigenvalue weighted by atomic mass is 10.2. The molecule has 0 aliphatic heterocycles. The zero-order valence-corrected chi connectivity index (χ0v) is 9.58. The lowest BCUT2D eigenvalue weighted by molar-refractivity contribution is 0.250. The Labute approximate surface area is 92.8 Å². The second kappa shape index (κ2) is 5.60. The van der Waals surface area contributed by atoms with E-state index in [0.717, 1.165) is 10.7 Å². The Hall–Kier alpha value is -1.23. The fourth-order valence-electron chi connectivity index (χ4n) is 1.10. The summed E-state index contributed by atoms with van der Waals surface area (Å²) >= 11 is 1.23. The molecule has 1 unspecified atom stereocenters. The van der Waals surface area contributed by atoms with Crippen LogP contribution in [0.2, 0.25) is 0 Å². The Morgan fingerprint density at radius 2 is 2.47 bits per heavy atom. The molecule has 82 valence electrons. The predicted octanol–water partition coefficient (Wildman–Crippen LogP) is 0.558. The predicted molar refractivity (Wildman–Crippen MR) is 58.9 cm³/mol. The number of anilines is 1. The van der Waals surface area contributed by atoms with Gasteiger partial charge in [-0.3, -0.25) is 4.90 Å². The van der Waals surface area contributed by atoms with Crippen LogP contribution in [-0.4, -0.2) is 27.6 Å². The van der Waals surface area contributed by atoms with E-state index in [1.807, 2.05) is 18.9 Å². The maximum absolute atomic E-state index is 8.58. The first-order valence-corrected chi connectivity index (χ1v) is 5.31. The van der Waals surface area contributed by atoms with Crippen molar-refractivity contribution in [3.05, 3.63) is 5.69 Å². The SMILES string of the molecule is CC(CC#N)N(C)Cc1nnsc1NN. The van der Waals surface area contributed by atoms with Crippen molar-refractivity contribution in [1.29, 1.82) is 5.26 Å². The van der Waals surface area contributed by atoms with Gasteiger partial charge in [0, 0.05) is 24.1 Å². The maximum atomic E-state index is 8.58. The highest BCUT2D eigenvalue weighted by Gasteiger charge is 2.13. The number of nitrogens with zero attached hydrogens (tertiary/aromatic N) is 4. The fourth-order valence-corrected chi connectivity index (χ4v) is 1.59. The molecule has 1 heterocycles. The van der Waals surface area contributed by atoms with Crippen LogP contribution in [-0.2, 0) is 6.54 Å². The molecule has 0 aromatic carbocycles. The summed E-state index contributed by atoms with van der Waals surface area (Å²) in [6, 6.07) is 2.34. The number of nitrogen functional groups attached to an aromatic ring is 1. The van der Waals surface area contributed by atoms with Gasteiger partial charge in [0.2, 0.25) is 0 Å². The number of hydrazine groups is 1. The molecule has 1 aromatic rings. The number of nitrogens with two attached hydrogens (primary N) is 1. The van der Waals surface area contributed by atoms with E-state index < -0.39 is 0 Å². The molecular weight excluding hydrogens is 212 g/mol. The van der Waals surface area contributed by atoms with Crippen molar-refractivity contribution in [2.45, 2.75) is 25.9 Å². The molecular formula is C8H14N6S. The highest BCUT2D eigenvalue weighted by atomic mass is 32.1. The van der Waals surface area contributed by atoms with Gasteiger partial charge in [0.05, 0.1) is 12.5 Å². The van der Waals surface area contributed by atoms with Gasteiger partial charge in [-0.05, 0) is 14.0 Å². The van der Waals surface area contributed by atoms with E-state index in [1.54, 1.807) is 0 Å². The Morgan fingerprint density at radius 3 is 3.07 bits per heavy atom. The lowest BCUT2D eigenvalue weighted by Crippen LogP contribution is -2.28. The largest absolute Gasteiger partial charge is 0.313 e. The van der Waals surface area contributed by atoms with Gasteiger partial charge >= 0.3 is 0 Å². The van der Waals surface area contributed by atoms with Gasteiger partial charge in [0.25, 0.3) is 0 Å². The van der Waals surface area contributed by atoms with Crippen LogP contribution >= 0.6 is 11.5 Å². The van der Waals surface area contributed by atoms with Gasteiger partial charge in [-0.1, -0.05) is 4.49 Å². The monoisotopic (exact) mass is 226 g/mol. The van der Waals surface area contributed by atoms with E-state index in [0.29, 0.717) is 13.0 Å². The van der Waals surface area contributed by atoms with E-state index in [9.17, 15) is 0 Å². The van der Waals surface area contributed by atoms with Crippen LogP contribution in [0.25, 0.3) is 0 Å². The molecule has 0 aliphatic rings. The summed E-state index contributed by atoms with van der Waals surface area (Å²) in [5.41, 5.74) is 3.37. The van der Waals surface area contributed by atoms with Crippen LogP contribution in [0.4, 0.5) is 5.00 Å². The molecule has 0 saturated carbocycles. The standard InChI is InChI=1S/C8H14N6S/c1-6(3-4-9)14(2)5-7-8(11-10)15-13-12-7/h6,11H,3,5,10H2,1-2H3. The molecule has 15 heavy (non-hydrogen) atoms. The molecule has 1 aromatic heterocycles. The summed E-state index contributed by atoms with van der Waals surface area (Å²) in [7, 11) is 1.95. The van der Waals surface area contributed by atoms with Crippen LogP contribution in [0.1, 0.15) is 19.0 Å². The van der Waals surface area contributed by atoms with Gasteiger partial charge in [0.15, 0.2) is 0 Å². The lowest BCUT2D eigenvalue weighted by Gasteiger charge is -2.21. The smallest absolute Gasteiger partial charge is 0.148 e. The fraction of sp³-hybridized carbons (Fsp3) is 0.625. The first-order valence-electron chi connectivity index (χ1n) is 4.54. The maximum Gasteiger partial charge on any atom is 0.148 e. The van der Waals surface area contributed by atoms with E-state index in [4.69, 9.17) is 11.1 Å². The van der Waals surface area contributed by atoms with Crippen molar-refractivity contribution in [3.63, 3.8) is 0 Å². The molecule has 0 bridgehead atoms. The topological polar surface area (TPSA) is 90.9 Å². The number of hydrogen-bond donors (Lipinski definition) is 2. The third-order valence-corrected chi connectivity index (χ3v) is 2.92. The summed E-state index contributed by atoms with van der Waals surface area (Å²) in [5.74, 6) is 5.32. The van der Waals surface area contributed by atoms with Crippen molar-refractivity contribution in [2.75, 3.05) is 12.5 Å². The van der Waals surface area contributed by atoms with Gasteiger partial charge < -0.3 is 5.43 Å². The highest BCUT2D eigenvalue weighted by molar-refractivity contribution is 7.10. The van der Waals surface area contributed by atoms with Gasteiger partial charge in [-0.15, -0.1) is 5.10 Å². The zero-order chi connectivity index (χ0) is 11.3. The number of rotatable bonds is 5. The molecule has 3 N–H and O–H groups in total. The summed E-state index contributed by atoms with van der Waals surface area (Å²) in [6.45, 7) is 2.64. The van der Waals surface area contributed by atoms with Crippen LogP contribution in [0, 0.1) is 11.3 Å². The normalized spacial score (nSPS) is 12.5. The second-order valence-electron chi connectivity index (χ2n) is 3.32. The molecule has 0 fully saturated rings. The minimum Gasteiger partial charge on any atom is -0.313 e. The summed E-state index contributed by atoms with van der Waals surface area (Å²) in [6.07, 6.45) is 0.499. The van der Waals surface area contributed by atoms with Crippen molar-refractivity contribution in [2.24, 2.45) is 5.84 Å². The van der Waals surface area contributed by atoms with Crippen LogP contribution < -0.4 is 11.3 Å². The number of nitrogens with one attached hydrogen (secondary N) is 1. The molecule has 0 radical (unpaired) electrons. The van der Waals surface area contributed by atoms with Gasteiger partial charge in [-0.25, -0.2) is 5.84 Å². The number of nitriles is 1. The average Bonchev–Trinajstić information content (AvgIpc) is 2.65. The van der Waals surface area contributed by atoms with E-state index >= 15 is 0 Å². The van der Waals surface area contributed by atoms with E-state index in [-0.39, 0.29) is 6.04 Å². The molecule has 1 rings (SSSR count). The van der Waals surface area contributed by atoms with E-state index in [2.05, 4.69) is 21.1 Å². The molecule has 7 heteroatoms. The Bertz CT molecular complexity index is 343. The number of hydrogen-bond acceptors (Lipinski definition) is 7. The van der Waals surface area contributed by atoms with Gasteiger partial charge in [0.1, 0.15) is 10.7 Å². The Kier molecular flexibility index (Phi) is 4.42. The summed E-state index contributed by atoms with van der Waals surface area (Å²) in [5, 5.41) is 13.3. The van der Waals surface area contributed by atoms with Crippen molar-refractivity contribution >= 4 is 16.5 Å². The number of aromatic nitrogens is 2. The molecule has 6 nitrogen and oxygen atoms in total. The van der Waals surface area contributed by atoms with Crippen LogP contribution in [0.3, 0.4) is 0 Å². The molecule has 0 spiro atoms. The average molecular weight is 226 g/mol. The quantitative estimate of drug-likeness (QED) is 0.563.